The molecule has 1 heterocycles. The van der Waals surface area contributed by atoms with Gasteiger partial charge in [0.2, 0.25) is 11.8 Å². The molecule has 3 nitrogen and oxygen atoms in total. The van der Waals surface area contributed by atoms with Crippen LogP contribution in [0, 0.1) is 54.3 Å². The maximum absolute atomic E-state index is 13.5. The first-order chi connectivity index (χ1) is 14.1. The summed E-state index contributed by atoms with van der Waals surface area (Å²) in [5, 5.41) is 0. The molecule has 1 aliphatic heterocycles. The summed E-state index contributed by atoms with van der Waals surface area (Å²) in [5.74, 6) is 3.42. The van der Waals surface area contributed by atoms with Crippen LogP contribution in [0.15, 0.2) is 47.6 Å². The second-order valence-corrected chi connectivity index (χ2v) is 10.6. The van der Waals surface area contributed by atoms with Gasteiger partial charge in [0, 0.05) is 11.8 Å². The van der Waals surface area contributed by atoms with Crippen molar-refractivity contribution in [3.63, 3.8) is 0 Å². The number of benzene rings is 1. The van der Waals surface area contributed by atoms with Gasteiger partial charge in [-0.25, -0.2) is 4.90 Å². The summed E-state index contributed by atoms with van der Waals surface area (Å²) in [7, 11) is 0. The van der Waals surface area contributed by atoms with Crippen molar-refractivity contribution in [3.05, 3.63) is 53.1 Å². The van der Waals surface area contributed by atoms with Crippen molar-refractivity contribution in [2.24, 2.45) is 47.3 Å². The molecule has 5 saturated carbocycles. The normalized spacial score (nSPS) is 43.8. The van der Waals surface area contributed by atoms with E-state index in [0.29, 0.717) is 0 Å². The van der Waals surface area contributed by atoms with E-state index < -0.39 is 0 Å². The fraction of sp³-hybridized carbons (Fsp3) is 0.538. The first kappa shape index (κ1) is 16.6. The largest absolute Gasteiger partial charge is 0.274 e. The number of nitrogens with zero attached hydrogens (tertiary/aromatic N) is 1. The Bertz CT molecular complexity index is 953. The standard InChI is InChI=1S/C26H27NO2/c1-13-3-2-4-18(7-13)27-25(28)23-19-5-6-20(24(23)26(27)29)22(19)21-16-9-14-8-15(11-16)12-17(21)10-14/h2-7,14-17,19-20,23-24H,8-12H2,1H3/t14?,15?,16?,17?,19?,20?,23-,24?/m0/s1. The highest BCUT2D eigenvalue weighted by Crippen LogP contribution is 2.63. The zero-order chi connectivity index (χ0) is 19.4. The fourth-order valence-corrected chi connectivity index (χ4v) is 8.33. The topological polar surface area (TPSA) is 37.4 Å². The molecule has 148 valence electrons. The first-order valence-corrected chi connectivity index (χ1v) is 11.5. The zero-order valence-electron chi connectivity index (χ0n) is 16.9. The summed E-state index contributed by atoms with van der Waals surface area (Å²) < 4.78 is 0. The van der Waals surface area contributed by atoms with E-state index in [4.69, 9.17) is 0 Å². The molecule has 4 atom stereocenters. The molecule has 1 aromatic rings. The van der Waals surface area contributed by atoms with E-state index >= 15 is 0 Å². The van der Waals surface area contributed by atoms with Crippen molar-refractivity contribution in [2.45, 2.75) is 39.0 Å². The summed E-state index contributed by atoms with van der Waals surface area (Å²) in [6.45, 7) is 2.01. The number of aryl methyl sites for hydroxylation is 1. The molecule has 3 heteroatoms. The van der Waals surface area contributed by atoms with Crippen LogP contribution in [0.2, 0.25) is 0 Å². The Morgan fingerprint density at radius 2 is 1.38 bits per heavy atom. The molecule has 3 unspecified atom stereocenters. The van der Waals surface area contributed by atoms with Crippen LogP contribution in [0.4, 0.5) is 5.69 Å². The minimum absolute atomic E-state index is 0.0318. The van der Waals surface area contributed by atoms with Gasteiger partial charge in [0.05, 0.1) is 17.5 Å². The van der Waals surface area contributed by atoms with Crippen LogP contribution < -0.4 is 4.90 Å². The van der Waals surface area contributed by atoms with Gasteiger partial charge in [-0.15, -0.1) is 0 Å². The maximum Gasteiger partial charge on any atom is 0.238 e. The average molecular weight is 386 g/mol. The Hall–Kier alpha value is -2.16. The first-order valence-electron chi connectivity index (χ1n) is 11.5. The number of rotatable bonds is 1. The van der Waals surface area contributed by atoms with E-state index in [9.17, 15) is 9.59 Å². The molecule has 1 aromatic carbocycles. The highest BCUT2D eigenvalue weighted by atomic mass is 16.2. The van der Waals surface area contributed by atoms with Crippen molar-refractivity contribution in [3.8, 4) is 0 Å². The third kappa shape index (κ3) is 2.04. The van der Waals surface area contributed by atoms with Crippen LogP contribution in [-0.2, 0) is 9.59 Å². The van der Waals surface area contributed by atoms with Crippen molar-refractivity contribution in [1.82, 2.24) is 0 Å². The third-order valence-corrected chi connectivity index (χ3v) is 9.03. The molecule has 0 radical (unpaired) electrons. The third-order valence-electron chi connectivity index (χ3n) is 9.03. The van der Waals surface area contributed by atoms with Crippen LogP contribution in [0.25, 0.3) is 0 Å². The van der Waals surface area contributed by atoms with Gasteiger partial charge < -0.3 is 0 Å². The molecule has 1 saturated heterocycles. The smallest absolute Gasteiger partial charge is 0.238 e. The highest BCUT2D eigenvalue weighted by Gasteiger charge is 2.63. The summed E-state index contributed by atoms with van der Waals surface area (Å²) in [4.78, 5) is 28.5. The van der Waals surface area contributed by atoms with Gasteiger partial charge in [0.15, 0.2) is 0 Å². The molecule has 2 amide bonds. The Morgan fingerprint density at radius 3 is 1.93 bits per heavy atom. The number of hydrogen-bond donors (Lipinski definition) is 0. The Balaban J connectivity index is 1.29. The van der Waals surface area contributed by atoms with E-state index in [0.717, 1.165) is 34.9 Å². The second kappa shape index (κ2) is 5.50. The molecule has 6 fully saturated rings. The van der Waals surface area contributed by atoms with E-state index in [2.05, 4.69) is 12.2 Å². The molecule has 7 aliphatic rings. The van der Waals surface area contributed by atoms with Crippen LogP contribution in [-0.4, -0.2) is 11.8 Å². The number of imide groups is 1. The lowest BCUT2D eigenvalue weighted by Crippen LogP contribution is -2.41. The molecule has 6 bridgehead atoms. The molecule has 8 rings (SSSR count). The number of hydrogen-bond acceptors (Lipinski definition) is 2. The highest BCUT2D eigenvalue weighted by molar-refractivity contribution is 6.23. The lowest BCUT2D eigenvalue weighted by molar-refractivity contribution is -0.122. The van der Waals surface area contributed by atoms with Crippen molar-refractivity contribution in [2.75, 3.05) is 4.90 Å². The monoisotopic (exact) mass is 385 g/mol. The fourth-order valence-electron chi connectivity index (χ4n) is 8.33. The van der Waals surface area contributed by atoms with Gasteiger partial charge in [-0.05, 0) is 80.4 Å². The maximum atomic E-state index is 13.5. The molecule has 6 aliphatic carbocycles. The Kier molecular flexibility index (Phi) is 3.15. The molecule has 0 aromatic heterocycles. The number of fused-ring (bicyclic) bond motifs is 5. The van der Waals surface area contributed by atoms with E-state index in [1.54, 1.807) is 5.57 Å². The number of amides is 2. The molecule has 0 N–H and O–H groups in total. The number of anilines is 1. The number of carbonyl (C=O) groups is 2. The summed E-state index contributed by atoms with van der Waals surface area (Å²) in [6, 6.07) is 7.81. The van der Waals surface area contributed by atoms with Crippen molar-refractivity contribution < 1.29 is 9.59 Å². The SMILES string of the molecule is Cc1cccc(N2C(=O)C3C4C=CC(C4=C4C5CC6CC(C5)CC4C6)[C@@H]3C2=O)c1. The van der Waals surface area contributed by atoms with Gasteiger partial charge in [0.25, 0.3) is 0 Å². The molecule has 0 spiro atoms. The summed E-state index contributed by atoms with van der Waals surface area (Å²) >= 11 is 0. The van der Waals surface area contributed by atoms with E-state index in [1.807, 2.05) is 31.2 Å². The quantitative estimate of drug-likeness (QED) is 0.520. The number of allylic oxidation sites excluding steroid dienone is 4. The zero-order valence-corrected chi connectivity index (χ0v) is 16.9. The van der Waals surface area contributed by atoms with Gasteiger partial charge in [-0.3, -0.25) is 9.59 Å². The van der Waals surface area contributed by atoms with E-state index in [1.165, 1.54) is 42.6 Å². The van der Waals surface area contributed by atoms with Gasteiger partial charge in [-0.1, -0.05) is 35.4 Å². The predicted molar refractivity (Wildman–Crippen MR) is 111 cm³/mol. The number of carbonyl (C=O) groups excluding carboxylic acids is 2. The van der Waals surface area contributed by atoms with Crippen LogP contribution in [0.1, 0.15) is 37.7 Å². The van der Waals surface area contributed by atoms with Gasteiger partial charge in [-0.2, -0.15) is 0 Å². The van der Waals surface area contributed by atoms with E-state index in [-0.39, 0.29) is 35.5 Å². The van der Waals surface area contributed by atoms with Crippen LogP contribution >= 0.6 is 0 Å². The van der Waals surface area contributed by atoms with Crippen molar-refractivity contribution in [1.29, 1.82) is 0 Å². The Labute approximate surface area is 171 Å². The lowest BCUT2D eigenvalue weighted by Gasteiger charge is -2.52. The molecular formula is C26H27NO2. The van der Waals surface area contributed by atoms with Crippen molar-refractivity contribution >= 4 is 17.5 Å². The lowest BCUT2D eigenvalue weighted by atomic mass is 9.53. The summed E-state index contributed by atoms with van der Waals surface area (Å²) in [5.41, 5.74) is 5.05. The average Bonchev–Trinajstić information content (AvgIpc) is 3.31. The minimum atomic E-state index is -0.169. The van der Waals surface area contributed by atoms with Gasteiger partial charge >= 0.3 is 0 Å². The predicted octanol–water partition coefficient (Wildman–Crippen LogP) is 4.67. The summed E-state index contributed by atoms with van der Waals surface area (Å²) in [6.07, 6.45) is 11.4. The van der Waals surface area contributed by atoms with Crippen LogP contribution in [0.5, 0.6) is 0 Å². The molecule has 29 heavy (non-hydrogen) atoms. The van der Waals surface area contributed by atoms with Gasteiger partial charge in [0.1, 0.15) is 0 Å². The second-order valence-electron chi connectivity index (χ2n) is 10.6. The van der Waals surface area contributed by atoms with Crippen LogP contribution in [0.3, 0.4) is 0 Å². The Morgan fingerprint density at radius 1 is 0.793 bits per heavy atom. The minimum Gasteiger partial charge on any atom is -0.274 e. The molecular weight excluding hydrogens is 358 g/mol.